The molecule has 3 heteroatoms. The van der Waals surface area contributed by atoms with Gasteiger partial charge in [-0.25, -0.2) is 0 Å². The van der Waals surface area contributed by atoms with Crippen LogP contribution in [-0.2, 0) is 0 Å². The molecule has 27 heavy (non-hydrogen) atoms. The summed E-state index contributed by atoms with van der Waals surface area (Å²) in [6.45, 7) is 14.0. The minimum absolute atomic E-state index is 0. The van der Waals surface area contributed by atoms with E-state index >= 15 is 0 Å². The molecule has 0 aromatic heterocycles. The average Bonchev–Trinajstić information content (AvgIpc) is 2.67. The number of unbranched alkanes of at least 4 members (excludes halogenated alkanes) is 6. The molecule has 0 unspecified atom stereocenters. The molecule has 0 aromatic carbocycles. The third kappa shape index (κ3) is 27.6. The fourth-order valence-corrected chi connectivity index (χ4v) is 25.6. The molecule has 0 saturated carbocycles. The van der Waals surface area contributed by atoms with Crippen LogP contribution in [-0.4, -0.2) is 45.0 Å². The van der Waals surface area contributed by atoms with Crippen molar-refractivity contribution in [2.24, 2.45) is 0 Å². The molecule has 0 aliphatic carbocycles. The van der Waals surface area contributed by atoms with Gasteiger partial charge in [-0.05, 0) is 0 Å². The summed E-state index contributed by atoms with van der Waals surface area (Å²) in [7, 11) is 0. The van der Waals surface area contributed by atoms with Gasteiger partial charge in [0.2, 0.25) is 0 Å². The number of hydrogen-bond acceptors (Lipinski definition) is 0. The molecule has 0 radical (unpaired) electrons. The van der Waals surface area contributed by atoms with E-state index in [0.717, 1.165) is 0 Å². The first-order chi connectivity index (χ1) is 12.7. The van der Waals surface area contributed by atoms with Crippen molar-refractivity contribution in [1.29, 1.82) is 0 Å². The Balaban J connectivity index is -0.000000411. The van der Waals surface area contributed by atoms with E-state index in [-0.39, 0.29) is 5.48 Å². The second kappa shape index (κ2) is 29.8. The monoisotopic (exact) mass is 602 g/mol. The minimum atomic E-state index is -0.967. The first-order valence-electron chi connectivity index (χ1n) is 12.7. The molecular formula is C24H58OSn2. The van der Waals surface area contributed by atoms with Gasteiger partial charge in [-0.2, -0.15) is 0 Å². The van der Waals surface area contributed by atoms with Crippen molar-refractivity contribution >= 4 is 39.5 Å². The molecular weight excluding hydrogens is 542 g/mol. The van der Waals surface area contributed by atoms with Crippen LogP contribution in [0.2, 0.25) is 26.6 Å². The number of hydrogen-bond donors (Lipinski definition) is 0. The fourth-order valence-electron chi connectivity index (χ4n) is 3.82. The van der Waals surface area contributed by atoms with E-state index in [1.54, 1.807) is 26.6 Å². The zero-order valence-corrected chi connectivity index (χ0v) is 27.0. The second-order valence-electron chi connectivity index (χ2n) is 8.59. The zero-order chi connectivity index (χ0) is 19.9. The van der Waals surface area contributed by atoms with Gasteiger partial charge < -0.3 is 5.48 Å². The first-order valence-corrected chi connectivity index (χ1v) is 26.7. The molecule has 0 atom stereocenters. The van der Waals surface area contributed by atoms with Gasteiger partial charge in [-0.15, -0.1) is 0 Å². The van der Waals surface area contributed by atoms with Crippen molar-refractivity contribution in [2.45, 2.75) is 145 Å². The van der Waals surface area contributed by atoms with Crippen LogP contribution in [0.4, 0.5) is 0 Å². The van der Waals surface area contributed by atoms with E-state index in [4.69, 9.17) is 0 Å². The normalized spacial score (nSPS) is 10.7. The maximum Gasteiger partial charge on any atom is -0.412 e. The Labute approximate surface area is 189 Å². The standard InChI is InChI=1S/6C4H9.H2O.2Sn.2H/c6*1-3-4-2;;;;;/h6*1,3-4H2,2H3;1H2;;;;. The molecule has 0 fully saturated rings. The largest absolute Gasteiger partial charge is 0.412 e. The second-order valence-corrected chi connectivity index (χ2v) is 28.4. The summed E-state index contributed by atoms with van der Waals surface area (Å²) < 4.78 is 10.2. The van der Waals surface area contributed by atoms with E-state index in [9.17, 15) is 0 Å². The van der Waals surface area contributed by atoms with Crippen LogP contribution in [0.1, 0.15) is 119 Å². The molecule has 0 rings (SSSR count). The van der Waals surface area contributed by atoms with E-state index in [1.807, 2.05) is 0 Å². The van der Waals surface area contributed by atoms with E-state index < -0.39 is 39.5 Å². The van der Waals surface area contributed by atoms with E-state index in [0.29, 0.717) is 0 Å². The molecule has 0 bridgehead atoms. The van der Waals surface area contributed by atoms with Crippen molar-refractivity contribution in [2.75, 3.05) is 0 Å². The van der Waals surface area contributed by atoms with Crippen LogP contribution in [0.15, 0.2) is 0 Å². The molecule has 0 aliphatic rings. The van der Waals surface area contributed by atoms with Gasteiger partial charge in [-0.3, -0.25) is 0 Å². The molecule has 0 heterocycles. The maximum atomic E-state index is 2.34. The van der Waals surface area contributed by atoms with Crippen LogP contribution in [0.5, 0.6) is 0 Å². The Kier molecular flexibility index (Phi) is 36.6. The summed E-state index contributed by atoms with van der Waals surface area (Å²) in [6.07, 6.45) is 17.7. The predicted octanol–water partition coefficient (Wildman–Crippen LogP) is 8.40. The third-order valence-electron chi connectivity index (χ3n) is 5.80. The van der Waals surface area contributed by atoms with Crippen LogP contribution in [0, 0.1) is 0 Å². The van der Waals surface area contributed by atoms with Gasteiger partial charge in [-0.1, -0.05) is 0 Å². The third-order valence-corrected chi connectivity index (χ3v) is 26.8. The summed E-state index contributed by atoms with van der Waals surface area (Å²) in [6, 6.07) is 0. The summed E-state index contributed by atoms with van der Waals surface area (Å²) >= 11 is -1.93. The summed E-state index contributed by atoms with van der Waals surface area (Å²) in [4.78, 5) is 0. The Morgan fingerprint density at radius 2 is 0.481 bits per heavy atom. The average molecular weight is 600 g/mol. The minimum Gasteiger partial charge on any atom is -0.412 e. The van der Waals surface area contributed by atoms with Crippen LogP contribution >= 0.6 is 0 Å². The van der Waals surface area contributed by atoms with Crippen LogP contribution in [0.3, 0.4) is 0 Å². The Bertz CT molecular complexity index is 174. The van der Waals surface area contributed by atoms with E-state index in [2.05, 4.69) is 41.5 Å². The molecule has 0 aliphatic heterocycles. The Morgan fingerprint density at radius 3 is 0.593 bits per heavy atom. The van der Waals surface area contributed by atoms with Gasteiger partial charge in [0, 0.05) is 0 Å². The fraction of sp³-hybridized carbons (Fsp3) is 1.00. The SMILES string of the molecule is CCC[CH2][SnH]([CH2]CCC)[CH2]CCC.CCC[CH2][SnH]([CH2]CCC)[CH2]CCC.O. The zero-order valence-electron chi connectivity index (χ0n) is 20.4. The van der Waals surface area contributed by atoms with Crippen molar-refractivity contribution < 1.29 is 5.48 Å². The smallest absolute Gasteiger partial charge is 0.412 e. The van der Waals surface area contributed by atoms with E-state index in [1.165, 1.54) is 77.0 Å². The number of rotatable bonds is 18. The van der Waals surface area contributed by atoms with Gasteiger partial charge >= 0.3 is 185 Å². The van der Waals surface area contributed by atoms with Crippen molar-refractivity contribution in [3.05, 3.63) is 0 Å². The molecule has 0 saturated heterocycles. The quantitative estimate of drug-likeness (QED) is 0.142. The molecule has 0 aromatic rings. The maximum absolute atomic E-state index is 2.34. The van der Waals surface area contributed by atoms with Crippen molar-refractivity contribution in [1.82, 2.24) is 0 Å². The molecule has 1 nitrogen and oxygen atoms in total. The Hall–Kier alpha value is 1.56. The van der Waals surface area contributed by atoms with Crippen molar-refractivity contribution in [3.63, 3.8) is 0 Å². The predicted molar refractivity (Wildman–Crippen MR) is 136 cm³/mol. The summed E-state index contributed by atoms with van der Waals surface area (Å²) in [5.41, 5.74) is 0. The first kappa shape index (κ1) is 33.2. The van der Waals surface area contributed by atoms with Crippen LogP contribution < -0.4 is 0 Å². The molecule has 168 valence electrons. The van der Waals surface area contributed by atoms with Crippen LogP contribution in [0.25, 0.3) is 0 Å². The van der Waals surface area contributed by atoms with Gasteiger partial charge in [0.1, 0.15) is 0 Å². The van der Waals surface area contributed by atoms with Crippen molar-refractivity contribution in [3.8, 4) is 0 Å². The molecule has 0 amide bonds. The summed E-state index contributed by atoms with van der Waals surface area (Å²) in [5, 5.41) is 0. The Morgan fingerprint density at radius 1 is 0.333 bits per heavy atom. The van der Waals surface area contributed by atoms with Gasteiger partial charge in [0.25, 0.3) is 0 Å². The topological polar surface area (TPSA) is 31.5 Å². The molecule has 2 N–H and O–H groups in total. The molecule has 0 spiro atoms. The summed E-state index contributed by atoms with van der Waals surface area (Å²) in [5.74, 6) is 0. The van der Waals surface area contributed by atoms with Gasteiger partial charge in [0.05, 0.1) is 0 Å². The van der Waals surface area contributed by atoms with Gasteiger partial charge in [0.15, 0.2) is 0 Å².